The van der Waals surface area contributed by atoms with Gasteiger partial charge in [0, 0.05) is 12.1 Å². The van der Waals surface area contributed by atoms with Crippen molar-refractivity contribution in [3.63, 3.8) is 0 Å². The van der Waals surface area contributed by atoms with Crippen molar-refractivity contribution >= 4 is 12.2 Å². The number of rotatable bonds is 3. The molecule has 1 heterocycles. The molecule has 0 spiro atoms. The molecule has 0 radical (unpaired) electrons. The van der Waals surface area contributed by atoms with E-state index in [0.29, 0.717) is 12.1 Å². The average Bonchev–Trinajstić information content (AvgIpc) is 2.25. The first-order valence-electron chi connectivity index (χ1n) is 4.95. The van der Waals surface area contributed by atoms with Gasteiger partial charge < -0.3 is 9.69 Å². The van der Waals surface area contributed by atoms with Gasteiger partial charge in [-0.3, -0.25) is 4.79 Å². The summed E-state index contributed by atoms with van der Waals surface area (Å²) in [5, 5.41) is 0. The zero-order chi connectivity index (χ0) is 11.3. The van der Waals surface area contributed by atoms with E-state index in [9.17, 15) is 9.59 Å². The van der Waals surface area contributed by atoms with Gasteiger partial charge in [0.25, 0.3) is 5.91 Å². The van der Waals surface area contributed by atoms with E-state index in [4.69, 9.17) is 0 Å². The zero-order valence-electron chi connectivity index (χ0n) is 8.90. The predicted octanol–water partition coefficient (Wildman–Crippen LogP) is 1.48. The molecule has 3 heteroatoms. The Labute approximate surface area is 89.8 Å². The van der Waals surface area contributed by atoms with Crippen LogP contribution in [0.25, 0.3) is 0 Å². The van der Waals surface area contributed by atoms with Crippen LogP contribution >= 0.6 is 0 Å². The number of hydrogen-bond acceptors (Lipinski definition) is 2. The Hall–Kier alpha value is -1.64. The maximum Gasteiger partial charge on any atom is 0.254 e. The lowest BCUT2D eigenvalue weighted by Gasteiger charge is -2.28. The van der Waals surface area contributed by atoms with Gasteiger partial charge in [-0.1, -0.05) is 18.7 Å². The fraction of sp³-hybridized carbons (Fsp3) is 0.333. The maximum atomic E-state index is 11.9. The molecule has 15 heavy (non-hydrogen) atoms. The summed E-state index contributed by atoms with van der Waals surface area (Å²) in [5.74, 6) is -0.0821. The summed E-state index contributed by atoms with van der Waals surface area (Å²) < 4.78 is 0. The van der Waals surface area contributed by atoms with Crippen molar-refractivity contribution in [2.75, 3.05) is 13.1 Å². The number of piperidine rings is 1. The highest BCUT2D eigenvalue weighted by atomic mass is 16.2. The van der Waals surface area contributed by atoms with E-state index in [1.807, 2.05) is 13.0 Å². The van der Waals surface area contributed by atoms with Crippen LogP contribution in [-0.2, 0) is 9.59 Å². The van der Waals surface area contributed by atoms with Crippen LogP contribution in [0.5, 0.6) is 0 Å². The lowest BCUT2D eigenvalue weighted by Crippen LogP contribution is -2.39. The second-order valence-corrected chi connectivity index (χ2v) is 3.30. The SMILES string of the molecule is C=C/C=C1/C(=O)N(CC=O)CC/C1=C/C. The van der Waals surface area contributed by atoms with Crippen LogP contribution in [0, 0.1) is 0 Å². The molecule has 0 bridgehead atoms. The van der Waals surface area contributed by atoms with Crippen molar-refractivity contribution in [2.24, 2.45) is 0 Å². The van der Waals surface area contributed by atoms with Gasteiger partial charge in [0.1, 0.15) is 6.29 Å². The third-order valence-corrected chi connectivity index (χ3v) is 2.44. The van der Waals surface area contributed by atoms with Gasteiger partial charge >= 0.3 is 0 Å². The summed E-state index contributed by atoms with van der Waals surface area (Å²) in [7, 11) is 0. The Morgan fingerprint density at radius 3 is 2.80 bits per heavy atom. The number of carbonyl (C=O) groups excluding carboxylic acids is 2. The smallest absolute Gasteiger partial charge is 0.254 e. The Morgan fingerprint density at radius 1 is 1.53 bits per heavy atom. The summed E-state index contributed by atoms with van der Waals surface area (Å²) >= 11 is 0. The molecule has 0 aromatic heterocycles. The minimum Gasteiger partial charge on any atom is -0.331 e. The first-order chi connectivity index (χ1) is 7.24. The molecule has 0 aliphatic carbocycles. The largest absolute Gasteiger partial charge is 0.331 e. The molecule has 0 aromatic rings. The van der Waals surface area contributed by atoms with Gasteiger partial charge in [0.2, 0.25) is 0 Å². The van der Waals surface area contributed by atoms with Gasteiger partial charge in [-0.15, -0.1) is 0 Å². The molecular formula is C12H15NO2. The molecule has 0 saturated carbocycles. The fourth-order valence-electron chi connectivity index (χ4n) is 1.66. The highest BCUT2D eigenvalue weighted by molar-refractivity contribution is 5.99. The van der Waals surface area contributed by atoms with Gasteiger partial charge in [-0.2, -0.15) is 0 Å². The lowest BCUT2D eigenvalue weighted by molar-refractivity contribution is -0.130. The standard InChI is InChI=1S/C12H15NO2/c1-3-5-11-10(4-2)6-7-13(8-9-14)12(11)15/h3-5,9H,1,6-8H2,2H3/b10-4-,11-5+. The van der Waals surface area contributed by atoms with Crippen LogP contribution in [-0.4, -0.2) is 30.2 Å². The summed E-state index contributed by atoms with van der Waals surface area (Å²) in [5.41, 5.74) is 1.68. The summed E-state index contributed by atoms with van der Waals surface area (Å²) in [6.07, 6.45) is 6.79. The van der Waals surface area contributed by atoms with E-state index in [2.05, 4.69) is 6.58 Å². The summed E-state index contributed by atoms with van der Waals surface area (Å²) in [4.78, 5) is 23.8. The van der Waals surface area contributed by atoms with Crippen LogP contribution in [0.2, 0.25) is 0 Å². The van der Waals surface area contributed by atoms with Crippen molar-refractivity contribution < 1.29 is 9.59 Å². The molecular weight excluding hydrogens is 190 g/mol. The fourth-order valence-corrected chi connectivity index (χ4v) is 1.66. The van der Waals surface area contributed by atoms with E-state index < -0.39 is 0 Å². The Bertz CT molecular complexity index is 340. The quantitative estimate of drug-likeness (QED) is 0.517. The molecule has 1 aliphatic rings. The maximum absolute atomic E-state index is 11.9. The van der Waals surface area contributed by atoms with E-state index in [-0.39, 0.29) is 12.5 Å². The highest BCUT2D eigenvalue weighted by Gasteiger charge is 2.25. The molecule has 3 nitrogen and oxygen atoms in total. The van der Waals surface area contributed by atoms with E-state index in [1.165, 1.54) is 0 Å². The summed E-state index contributed by atoms with van der Waals surface area (Å²) in [6.45, 7) is 6.28. The predicted molar refractivity (Wildman–Crippen MR) is 59.3 cm³/mol. The average molecular weight is 205 g/mol. The van der Waals surface area contributed by atoms with Gasteiger partial charge in [-0.05, 0) is 25.0 Å². The Kier molecular flexibility index (Phi) is 4.03. The first kappa shape index (κ1) is 11.4. The molecule has 0 N–H and O–H groups in total. The van der Waals surface area contributed by atoms with Gasteiger partial charge in [0.15, 0.2) is 0 Å². The van der Waals surface area contributed by atoms with Crippen LogP contribution in [0.4, 0.5) is 0 Å². The van der Waals surface area contributed by atoms with Gasteiger partial charge in [0.05, 0.1) is 6.54 Å². The topological polar surface area (TPSA) is 37.4 Å². The number of aldehydes is 1. The third-order valence-electron chi connectivity index (χ3n) is 2.44. The number of hydrogen-bond donors (Lipinski definition) is 0. The van der Waals surface area contributed by atoms with E-state index in [0.717, 1.165) is 18.3 Å². The third kappa shape index (κ3) is 2.43. The second kappa shape index (κ2) is 5.29. The van der Waals surface area contributed by atoms with Crippen molar-refractivity contribution in [1.82, 2.24) is 4.90 Å². The number of carbonyl (C=O) groups is 2. The zero-order valence-corrected chi connectivity index (χ0v) is 8.90. The Morgan fingerprint density at radius 2 is 2.27 bits per heavy atom. The molecule has 0 unspecified atom stereocenters. The van der Waals surface area contributed by atoms with Crippen LogP contribution in [0.1, 0.15) is 13.3 Å². The number of likely N-dealkylation sites (tertiary alicyclic amines) is 1. The minimum absolute atomic E-state index is 0.0821. The van der Waals surface area contributed by atoms with E-state index >= 15 is 0 Å². The van der Waals surface area contributed by atoms with Crippen molar-refractivity contribution in [1.29, 1.82) is 0 Å². The van der Waals surface area contributed by atoms with Crippen LogP contribution in [0.3, 0.4) is 0 Å². The lowest BCUT2D eigenvalue weighted by atomic mass is 9.96. The van der Waals surface area contributed by atoms with Crippen LogP contribution < -0.4 is 0 Å². The normalized spacial score (nSPS) is 22.2. The monoisotopic (exact) mass is 205 g/mol. The molecule has 80 valence electrons. The first-order valence-corrected chi connectivity index (χ1v) is 4.95. The molecule has 0 atom stereocenters. The minimum atomic E-state index is -0.0821. The van der Waals surface area contributed by atoms with Gasteiger partial charge in [-0.25, -0.2) is 0 Å². The van der Waals surface area contributed by atoms with E-state index in [1.54, 1.807) is 17.1 Å². The molecule has 1 amide bonds. The Balaban J connectivity index is 2.95. The van der Waals surface area contributed by atoms with Crippen molar-refractivity contribution in [3.05, 3.63) is 36.0 Å². The second-order valence-electron chi connectivity index (χ2n) is 3.30. The van der Waals surface area contributed by atoms with Crippen molar-refractivity contribution in [2.45, 2.75) is 13.3 Å². The number of amides is 1. The molecule has 0 aromatic carbocycles. The summed E-state index contributed by atoms with van der Waals surface area (Å²) in [6, 6.07) is 0. The number of nitrogens with zero attached hydrogens (tertiary/aromatic N) is 1. The van der Waals surface area contributed by atoms with Crippen molar-refractivity contribution in [3.8, 4) is 0 Å². The number of allylic oxidation sites excluding steroid dienone is 3. The van der Waals surface area contributed by atoms with Crippen LogP contribution in [0.15, 0.2) is 36.0 Å². The molecule has 1 aliphatic heterocycles. The highest BCUT2D eigenvalue weighted by Crippen LogP contribution is 2.22. The molecule has 1 saturated heterocycles. The molecule has 1 rings (SSSR count). The molecule has 1 fully saturated rings.